The second-order valence-corrected chi connectivity index (χ2v) is 7.58. The lowest BCUT2D eigenvalue weighted by molar-refractivity contribution is 0.0494. The highest BCUT2D eigenvalue weighted by Crippen LogP contribution is 2.34. The third-order valence-corrected chi connectivity index (χ3v) is 5.48. The molecule has 2 aromatic carbocycles. The Kier molecular flexibility index (Phi) is 6.55. The van der Waals surface area contributed by atoms with E-state index in [0.717, 1.165) is 11.1 Å². The van der Waals surface area contributed by atoms with E-state index in [1.54, 1.807) is 53.4 Å². The van der Waals surface area contributed by atoms with Gasteiger partial charge in [-0.3, -0.25) is 9.78 Å². The van der Waals surface area contributed by atoms with Gasteiger partial charge in [-0.25, -0.2) is 4.79 Å². The number of pyridine rings is 1. The van der Waals surface area contributed by atoms with Gasteiger partial charge in [0.2, 0.25) is 0 Å². The minimum Gasteiger partial charge on any atom is -0.496 e. The van der Waals surface area contributed by atoms with E-state index in [9.17, 15) is 14.9 Å². The average Bonchev–Trinajstić information content (AvgIpc) is 3.19. The van der Waals surface area contributed by atoms with Gasteiger partial charge < -0.3 is 19.8 Å². The standard InChI is InChI=1S/C26H22N4O4/c1-33-21-7-3-6-20-22(21)23(25(28)31)24(26(32)34-13-10-17-8-11-29-12-9-17)30(20)16-19-5-2-4-18(14-19)15-27/h2-9,11-12,14H,10,13,16H2,1H3,(H2,28,31). The summed E-state index contributed by atoms with van der Waals surface area (Å²) in [7, 11) is 1.49. The van der Waals surface area contributed by atoms with Crippen LogP contribution in [-0.2, 0) is 17.7 Å². The molecule has 1 amide bonds. The summed E-state index contributed by atoms with van der Waals surface area (Å²) in [5, 5.41) is 9.71. The molecule has 0 aliphatic rings. The van der Waals surface area contributed by atoms with Gasteiger partial charge in [-0.2, -0.15) is 5.26 Å². The van der Waals surface area contributed by atoms with Gasteiger partial charge in [0.1, 0.15) is 11.4 Å². The summed E-state index contributed by atoms with van der Waals surface area (Å²) in [5.74, 6) is -1.01. The topological polar surface area (TPSA) is 120 Å². The summed E-state index contributed by atoms with van der Waals surface area (Å²) in [6, 6.07) is 18.1. The first-order valence-electron chi connectivity index (χ1n) is 10.6. The van der Waals surface area contributed by atoms with E-state index >= 15 is 0 Å². The maximum Gasteiger partial charge on any atom is 0.355 e. The van der Waals surface area contributed by atoms with Crippen LogP contribution in [0, 0.1) is 11.3 Å². The minimum atomic E-state index is -0.764. The number of hydrogen-bond donors (Lipinski definition) is 1. The number of aromatic nitrogens is 2. The molecule has 8 nitrogen and oxygen atoms in total. The van der Waals surface area contributed by atoms with Gasteiger partial charge in [0.15, 0.2) is 0 Å². The number of benzene rings is 2. The zero-order valence-electron chi connectivity index (χ0n) is 18.5. The van der Waals surface area contributed by atoms with Crippen LogP contribution < -0.4 is 10.5 Å². The van der Waals surface area contributed by atoms with Gasteiger partial charge in [0.05, 0.1) is 41.8 Å². The molecule has 2 heterocycles. The second-order valence-electron chi connectivity index (χ2n) is 7.58. The summed E-state index contributed by atoms with van der Waals surface area (Å²) in [6.45, 7) is 0.338. The van der Waals surface area contributed by atoms with Crippen molar-refractivity contribution in [3.8, 4) is 11.8 Å². The number of esters is 1. The van der Waals surface area contributed by atoms with Crippen LogP contribution in [0.15, 0.2) is 67.0 Å². The Labute approximate surface area is 196 Å². The summed E-state index contributed by atoms with van der Waals surface area (Å²) in [5.41, 5.74) is 8.66. The molecule has 0 radical (unpaired) electrons. The first-order chi connectivity index (χ1) is 16.5. The van der Waals surface area contributed by atoms with Gasteiger partial charge in [-0.15, -0.1) is 0 Å². The van der Waals surface area contributed by atoms with Crippen molar-refractivity contribution in [3.63, 3.8) is 0 Å². The number of nitrogens with zero attached hydrogens (tertiary/aromatic N) is 3. The van der Waals surface area contributed by atoms with E-state index in [0.29, 0.717) is 28.6 Å². The predicted molar refractivity (Wildman–Crippen MR) is 125 cm³/mol. The molecule has 0 fully saturated rings. The van der Waals surface area contributed by atoms with E-state index in [2.05, 4.69) is 11.1 Å². The fourth-order valence-corrected chi connectivity index (χ4v) is 3.96. The maximum absolute atomic E-state index is 13.3. The molecule has 0 spiro atoms. The predicted octanol–water partition coefficient (Wildman–Crippen LogP) is 3.46. The fourth-order valence-electron chi connectivity index (χ4n) is 3.96. The molecular weight excluding hydrogens is 432 g/mol. The number of fused-ring (bicyclic) bond motifs is 1. The summed E-state index contributed by atoms with van der Waals surface area (Å²) in [6.07, 6.45) is 3.83. The van der Waals surface area contributed by atoms with E-state index in [4.69, 9.17) is 15.2 Å². The third-order valence-electron chi connectivity index (χ3n) is 5.48. The molecule has 2 N–H and O–H groups in total. The lowest BCUT2D eigenvalue weighted by atomic mass is 10.1. The molecule has 4 aromatic rings. The molecule has 0 aliphatic heterocycles. The van der Waals surface area contributed by atoms with Crippen molar-refractivity contribution >= 4 is 22.8 Å². The van der Waals surface area contributed by atoms with Crippen LogP contribution in [0.3, 0.4) is 0 Å². The number of hydrogen-bond acceptors (Lipinski definition) is 6. The number of ether oxygens (including phenoxy) is 2. The van der Waals surface area contributed by atoms with Gasteiger partial charge in [0, 0.05) is 25.4 Å². The molecule has 34 heavy (non-hydrogen) atoms. The van der Waals surface area contributed by atoms with Gasteiger partial charge in [0.25, 0.3) is 5.91 Å². The van der Waals surface area contributed by atoms with Crippen LogP contribution in [0.25, 0.3) is 10.9 Å². The SMILES string of the molecule is COc1cccc2c1c(C(N)=O)c(C(=O)OCCc1ccncc1)n2Cc1cccc(C#N)c1. The molecule has 0 bridgehead atoms. The van der Waals surface area contributed by atoms with E-state index in [1.165, 1.54) is 7.11 Å². The van der Waals surface area contributed by atoms with Crippen molar-refractivity contribution in [2.75, 3.05) is 13.7 Å². The van der Waals surface area contributed by atoms with E-state index in [-0.39, 0.29) is 24.4 Å². The van der Waals surface area contributed by atoms with Crippen molar-refractivity contribution < 1.29 is 19.1 Å². The van der Waals surface area contributed by atoms with Crippen LogP contribution in [0.1, 0.15) is 37.5 Å². The Hall–Kier alpha value is -4.64. The zero-order valence-corrected chi connectivity index (χ0v) is 18.5. The molecular formula is C26H22N4O4. The van der Waals surface area contributed by atoms with Gasteiger partial charge >= 0.3 is 5.97 Å². The van der Waals surface area contributed by atoms with Crippen molar-refractivity contribution in [1.29, 1.82) is 5.26 Å². The number of methoxy groups -OCH3 is 1. The summed E-state index contributed by atoms with van der Waals surface area (Å²) in [4.78, 5) is 29.8. The maximum atomic E-state index is 13.3. The number of rotatable bonds is 8. The summed E-state index contributed by atoms with van der Waals surface area (Å²) >= 11 is 0. The fraction of sp³-hybridized carbons (Fsp3) is 0.154. The van der Waals surface area contributed by atoms with Crippen LogP contribution in [0.2, 0.25) is 0 Å². The average molecular weight is 454 g/mol. The number of carbonyl (C=O) groups excluding carboxylic acids is 2. The zero-order chi connectivity index (χ0) is 24.1. The molecule has 0 saturated carbocycles. The first-order valence-corrected chi connectivity index (χ1v) is 10.6. The quantitative estimate of drug-likeness (QED) is 0.407. The normalized spacial score (nSPS) is 10.6. The first kappa shape index (κ1) is 22.6. The minimum absolute atomic E-state index is 0.0396. The van der Waals surface area contributed by atoms with E-state index in [1.807, 2.05) is 18.2 Å². The van der Waals surface area contributed by atoms with Crippen LogP contribution in [0.4, 0.5) is 0 Å². The smallest absolute Gasteiger partial charge is 0.355 e. The monoisotopic (exact) mass is 454 g/mol. The second kappa shape index (κ2) is 9.88. The molecule has 4 rings (SSSR count). The molecule has 0 saturated heterocycles. The molecule has 2 aromatic heterocycles. The van der Waals surface area contributed by atoms with Crippen LogP contribution in [0.5, 0.6) is 5.75 Å². The van der Waals surface area contributed by atoms with Crippen molar-refractivity contribution in [3.05, 3.63) is 94.9 Å². The molecule has 0 unspecified atom stereocenters. The largest absolute Gasteiger partial charge is 0.496 e. The molecule has 8 heteroatoms. The number of nitrogens with two attached hydrogens (primary N) is 1. The highest BCUT2D eigenvalue weighted by Gasteiger charge is 2.29. The third kappa shape index (κ3) is 4.45. The Morgan fingerprint density at radius 3 is 2.56 bits per heavy atom. The number of primary amides is 1. The molecule has 0 aliphatic carbocycles. The Bertz CT molecular complexity index is 1400. The van der Waals surface area contributed by atoms with Crippen molar-refractivity contribution in [2.45, 2.75) is 13.0 Å². The summed E-state index contributed by atoms with van der Waals surface area (Å²) < 4.78 is 12.7. The number of nitriles is 1. The van der Waals surface area contributed by atoms with Crippen LogP contribution >= 0.6 is 0 Å². The molecule has 0 atom stereocenters. The lowest BCUT2D eigenvalue weighted by Crippen LogP contribution is -2.21. The highest BCUT2D eigenvalue weighted by molar-refractivity contribution is 6.16. The van der Waals surface area contributed by atoms with Crippen molar-refractivity contribution in [2.24, 2.45) is 5.73 Å². The van der Waals surface area contributed by atoms with Crippen LogP contribution in [-0.4, -0.2) is 35.1 Å². The van der Waals surface area contributed by atoms with Crippen molar-refractivity contribution in [1.82, 2.24) is 9.55 Å². The van der Waals surface area contributed by atoms with Gasteiger partial charge in [-0.1, -0.05) is 18.2 Å². The lowest BCUT2D eigenvalue weighted by Gasteiger charge is -2.12. The number of amides is 1. The highest BCUT2D eigenvalue weighted by atomic mass is 16.5. The molecule has 170 valence electrons. The Balaban J connectivity index is 1.79. The Morgan fingerprint density at radius 1 is 1.09 bits per heavy atom. The van der Waals surface area contributed by atoms with E-state index < -0.39 is 11.9 Å². The number of carbonyl (C=O) groups is 2. The van der Waals surface area contributed by atoms with Gasteiger partial charge in [-0.05, 0) is 47.5 Å². The Morgan fingerprint density at radius 2 is 1.85 bits per heavy atom.